The molecule has 1 N–H and O–H groups in total. The van der Waals surface area contributed by atoms with Gasteiger partial charge in [0.05, 0.1) is 5.52 Å². The lowest BCUT2D eigenvalue weighted by Crippen LogP contribution is -1.99. The summed E-state index contributed by atoms with van der Waals surface area (Å²) in [6.07, 6.45) is 0. The molecule has 3 aromatic rings. The second-order valence-electron chi connectivity index (χ2n) is 4.31. The van der Waals surface area contributed by atoms with Gasteiger partial charge in [-0.1, -0.05) is 0 Å². The van der Waals surface area contributed by atoms with Gasteiger partial charge in [0.1, 0.15) is 17.5 Å². The molecule has 3 rings (SSSR count). The number of benzene rings is 2. The minimum absolute atomic E-state index is 0.325. The first-order valence-electron chi connectivity index (χ1n) is 6.08. The van der Waals surface area contributed by atoms with Crippen molar-refractivity contribution in [2.45, 2.75) is 0 Å². The van der Waals surface area contributed by atoms with Crippen LogP contribution in [0.3, 0.4) is 0 Å². The first kappa shape index (κ1) is 12.5. The number of halogens is 2. The third-order valence-corrected chi connectivity index (χ3v) is 3.00. The molecule has 0 atom stereocenters. The molecule has 1 aromatic heterocycles. The van der Waals surface area contributed by atoms with Crippen LogP contribution in [0.4, 0.5) is 14.6 Å². The Kier molecular flexibility index (Phi) is 3.02. The van der Waals surface area contributed by atoms with Crippen LogP contribution < -0.4 is 5.32 Å². The van der Waals surface area contributed by atoms with Crippen LogP contribution >= 0.6 is 0 Å². The summed E-state index contributed by atoms with van der Waals surface area (Å²) in [5.74, 6) is 0.347. The van der Waals surface area contributed by atoms with Gasteiger partial charge in [-0.2, -0.15) is 0 Å². The summed E-state index contributed by atoms with van der Waals surface area (Å²) in [5.41, 5.74) is 1.18. The minimum atomic E-state index is -0.358. The third kappa shape index (κ3) is 2.18. The first-order chi connectivity index (χ1) is 9.67. The van der Waals surface area contributed by atoms with Gasteiger partial charge >= 0.3 is 0 Å². The molecule has 20 heavy (non-hydrogen) atoms. The van der Waals surface area contributed by atoms with E-state index in [-0.39, 0.29) is 11.6 Å². The Hall–Kier alpha value is -2.56. The van der Waals surface area contributed by atoms with Crippen LogP contribution in [-0.2, 0) is 0 Å². The van der Waals surface area contributed by atoms with Crippen molar-refractivity contribution in [1.82, 2.24) is 9.97 Å². The van der Waals surface area contributed by atoms with Crippen molar-refractivity contribution < 1.29 is 8.78 Å². The van der Waals surface area contributed by atoms with Gasteiger partial charge in [-0.3, -0.25) is 0 Å². The van der Waals surface area contributed by atoms with Crippen molar-refractivity contribution in [3.8, 4) is 11.4 Å². The second-order valence-corrected chi connectivity index (χ2v) is 4.31. The molecule has 0 bridgehead atoms. The smallest absolute Gasteiger partial charge is 0.162 e. The number of hydrogen-bond donors (Lipinski definition) is 1. The Labute approximate surface area is 114 Å². The molecule has 3 nitrogen and oxygen atoms in total. The van der Waals surface area contributed by atoms with E-state index < -0.39 is 0 Å². The summed E-state index contributed by atoms with van der Waals surface area (Å²) < 4.78 is 26.3. The summed E-state index contributed by atoms with van der Waals surface area (Å²) in [7, 11) is 1.74. The monoisotopic (exact) mass is 271 g/mol. The van der Waals surface area contributed by atoms with E-state index >= 15 is 0 Å². The average Bonchev–Trinajstić information content (AvgIpc) is 2.46. The van der Waals surface area contributed by atoms with E-state index in [1.165, 1.54) is 24.3 Å². The summed E-state index contributed by atoms with van der Waals surface area (Å²) in [4.78, 5) is 8.71. The van der Waals surface area contributed by atoms with Crippen LogP contribution in [0.5, 0.6) is 0 Å². The molecular weight excluding hydrogens is 260 g/mol. The van der Waals surface area contributed by atoms with Crippen molar-refractivity contribution >= 4 is 16.7 Å². The van der Waals surface area contributed by atoms with Gasteiger partial charge in [-0.05, 0) is 36.4 Å². The lowest BCUT2D eigenvalue weighted by atomic mass is 10.1. The van der Waals surface area contributed by atoms with E-state index in [2.05, 4.69) is 15.3 Å². The van der Waals surface area contributed by atoms with Crippen molar-refractivity contribution in [3.63, 3.8) is 0 Å². The normalized spacial score (nSPS) is 10.8. The first-order valence-corrected chi connectivity index (χ1v) is 6.08. The van der Waals surface area contributed by atoms with E-state index in [1.807, 2.05) is 0 Å². The number of nitrogens with one attached hydrogen (secondary N) is 1. The minimum Gasteiger partial charge on any atom is -0.373 e. The van der Waals surface area contributed by atoms with Gasteiger partial charge in [-0.15, -0.1) is 0 Å². The summed E-state index contributed by atoms with van der Waals surface area (Å²) >= 11 is 0. The molecule has 0 amide bonds. The maximum absolute atomic E-state index is 13.3. The van der Waals surface area contributed by atoms with Gasteiger partial charge < -0.3 is 5.32 Å². The van der Waals surface area contributed by atoms with Gasteiger partial charge in [0, 0.05) is 24.1 Å². The fraction of sp³-hybridized carbons (Fsp3) is 0.0667. The molecule has 0 saturated carbocycles. The molecule has 100 valence electrons. The van der Waals surface area contributed by atoms with Gasteiger partial charge in [0.2, 0.25) is 0 Å². The van der Waals surface area contributed by atoms with Crippen molar-refractivity contribution in [3.05, 3.63) is 54.1 Å². The van der Waals surface area contributed by atoms with Crippen LogP contribution in [0.25, 0.3) is 22.3 Å². The standard InChI is InChI=1S/C15H11F2N3/c1-18-15-12-7-6-11(17)8-13(12)19-14(20-15)9-2-4-10(16)5-3-9/h2-8H,1H3,(H,18,19,20). The highest BCUT2D eigenvalue weighted by atomic mass is 19.1. The molecule has 0 saturated heterocycles. The Balaban J connectivity index is 2.23. The highest BCUT2D eigenvalue weighted by molar-refractivity contribution is 5.90. The van der Waals surface area contributed by atoms with Crippen LogP contribution in [0.1, 0.15) is 0 Å². The number of aromatic nitrogens is 2. The largest absolute Gasteiger partial charge is 0.373 e. The van der Waals surface area contributed by atoms with Crippen molar-refractivity contribution in [2.75, 3.05) is 12.4 Å². The van der Waals surface area contributed by atoms with Crippen LogP contribution in [0.2, 0.25) is 0 Å². The van der Waals surface area contributed by atoms with Gasteiger partial charge in [0.15, 0.2) is 5.82 Å². The fourth-order valence-electron chi connectivity index (χ4n) is 2.02. The molecule has 0 spiro atoms. The van der Waals surface area contributed by atoms with E-state index in [0.29, 0.717) is 22.7 Å². The van der Waals surface area contributed by atoms with E-state index in [9.17, 15) is 8.78 Å². The second kappa shape index (κ2) is 4.85. The molecule has 0 aliphatic heterocycles. The summed E-state index contributed by atoms with van der Waals surface area (Å²) in [6, 6.07) is 10.2. The van der Waals surface area contributed by atoms with Crippen LogP contribution in [-0.4, -0.2) is 17.0 Å². The summed E-state index contributed by atoms with van der Waals surface area (Å²) in [5, 5.41) is 3.70. The van der Waals surface area contributed by atoms with Crippen molar-refractivity contribution in [2.24, 2.45) is 0 Å². The predicted molar refractivity (Wildman–Crippen MR) is 74.4 cm³/mol. The lowest BCUT2D eigenvalue weighted by molar-refractivity contribution is 0.628. The number of anilines is 1. The highest BCUT2D eigenvalue weighted by Gasteiger charge is 2.09. The third-order valence-electron chi connectivity index (χ3n) is 3.00. The van der Waals surface area contributed by atoms with Crippen LogP contribution in [0.15, 0.2) is 42.5 Å². The van der Waals surface area contributed by atoms with Crippen LogP contribution in [0, 0.1) is 11.6 Å². The zero-order chi connectivity index (χ0) is 14.1. The Morgan fingerprint density at radius 1 is 0.900 bits per heavy atom. The summed E-state index contributed by atoms with van der Waals surface area (Å²) in [6.45, 7) is 0. The SMILES string of the molecule is CNc1nc(-c2ccc(F)cc2)nc2cc(F)ccc12. The van der Waals surface area contributed by atoms with E-state index in [0.717, 1.165) is 5.39 Å². The molecular formula is C15H11F2N3. The lowest BCUT2D eigenvalue weighted by Gasteiger charge is -2.08. The molecule has 5 heteroatoms. The Bertz CT molecular complexity index is 770. The number of nitrogens with zero attached hydrogens (tertiary/aromatic N) is 2. The topological polar surface area (TPSA) is 37.8 Å². The molecule has 0 aliphatic carbocycles. The van der Waals surface area contributed by atoms with Gasteiger partial charge in [0.25, 0.3) is 0 Å². The molecule has 1 heterocycles. The van der Waals surface area contributed by atoms with Crippen molar-refractivity contribution in [1.29, 1.82) is 0 Å². The molecule has 2 aromatic carbocycles. The predicted octanol–water partition coefficient (Wildman–Crippen LogP) is 3.62. The van der Waals surface area contributed by atoms with Gasteiger partial charge in [-0.25, -0.2) is 18.7 Å². The quantitative estimate of drug-likeness (QED) is 0.773. The maximum Gasteiger partial charge on any atom is 0.162 e. The van der Waals surface area contributed by atoms with E-state index in [1.54, 1.807) is 25.2 Å². The Morgan fingerprint density at radius 3 is 2.30 bits per heavy atom. The van der Waals surface area contributed by atoms with E-state index in [4.69, 9.17) is 0 Å². The molecule has 0 aliphatic rings. The maximum atomic E-state index is 13.3. The number of rotatable bonds is 2. The zero-order valence-corrected chi connectivity index (χ0v) is 10.7. The zero-order valence-electron chi connectivity index (χ0n) is 10.7. The fourth-order valence-corrected chi connectivity index (χ4v) is 2.02. The average molecular weight is 271 g/mol. The molecule has 0 unspecified atom stereocenters. The number of fused-ring (bicyclic) bond motifs is 1. The highest BCUT2D eigenvalue weighted by Crippen LogP contribution is 2.25. The Morgan fingerprint density at radius 2 is 1.60 bits per heavy atom. The molecule has 0 fully saturated rings. The molecule has 0 radical (unpaired) electrons. The number of hydrogen-bond acceptors (Lipinski definition) is 3.